The summed E-state index contributed by atoms with van der Waals surface area (Å²) in [6, 6.07) is 0. The van der Waals surface area contributed by atoms with Crippen LogP contribution in [-0.2, 0) is 4.79 Å². The maximum absolute atomic E-state index is 11.2. The summed E-state index contributed by atoms with van der Waals surface area (Å²) in [6.45, 7) is 6.08. The lowest BCUT2D eigenvalue weighted by molar-refractivity contribution is -0.124. The van der Waals surface area contributed by atoms with E-state index in [0.717, 1.165) is 6.42 Å². The van der Waals surface area contributed by atoms with Gasteiger partial charge >= 0.3 is 0 Å². The number of ketones is 1. The molecule has 2 atom stereocenters. The third-order valence-electron chi connectivity index (χ3n) is 2.10. The molecule has 2 unspecified atom stereocenters. The van der Waals surface area contributed by atoms with Gasteiger partial charge in [0, 0.05) is 11.8 Å². The van der Waals surface area contributed by atoms with Gasteiger partial charge in [0.25, 0.3) is 0 Å². The summed E-state index contributed by atoms with van der Waals surface area (Å²) in [6.07, 6.45) is 3.03. The van der Waals surface area contributed by atoms with Gasteiger partial charge in [-0.15, -0.1) is 0 Å². The molecule has 0 radical (unpaired) electrons. The van der Waals surface area contributed by atoms with E-state index in [1.54, 1.807) is 0 Å². The SMILES string of the molecule is CC1=CC(C)C(=O)C(C)C1. The Kier molecular flexibility index (Phi) is 1.93. The quantitative estimate of drug-likeness (QED) is 0.469. The average Bonchev–Trinajstić information content (AvgIpc) is 1.82. The minimum Gasteiger partial charge on any atom is -0.299 e. The lowest BCUT2D eigenvalue weighted by Crippen LogP contribution is -2.22. The molecule has 0 saturated carbocycles. The second kappa shape index (κ2) is 2.57. The molecule has 0 aromatic carbocycles. The molecule has 0 heterocycles. The van der Waals surface area contributed by atoms with Crippen LogP contribution in [0.15, 0.2) is 11.6 Å². The van der Waals surface area contributed by atoms with Crippen molar-refractivity contribution < 1.29 is 4.79 Å². The topological polar surface area (TPSA) is 17.1 Å². The maximum Gasteiger partial charge on any atom is 0.142 e. The smallest absolute Gasteiger partial charge is 0.142 e. The molecule has 0 fully saturated rings. The Morgan fingerprint density at radius 2 is 2.10 bits per heavy atom. The fraction of sp³-hybridized carbons (Fsp3) is 0.667. The second-order valence-electron chi connectivity index (χ2n) is 3.31. The predicted octanol–water partition coefficient (Wildman–Crippen LogP) is 2.18. The van der Waals surface area contributed by atoms with Crippen LogP contribution in [0.4, 0.5) is 0 Å². The highest BCUT2D eigenvalue weighted by Gasteiger charge is 2.22. The van der Waals surface area contributed by atoms with Crippen molar-refractivity contribution >= 4 is 5.78 Å². The third kappa shape index (κ3) is 1.28. The Balaban J connectivity index is 2.79. The van der Waals surface area contributed by atoms with Crippen molar-refractivity contribution in [3.8, 4) is 0 Å². The van der Waals surface area contributed by atoms with Gasteiger partial charge in [-0.3, -0.25) is 4.79 Å². The minimum absolute atomic E-state index is 0.156. The van der Waals surface area contributed by atoms with E-state index in [-0.39, 0.29) is 11.8 Å². The number of Topliss-reactive ketones (excluding diaryl/α,β-unsaturated/α-hetero) is 1. The van der Waals surface area contributed by atoms with Gasteiger partial charge in [0.05, 0.1) is 0 Å². The van der Waals surface area contributed by atoms with E-state index in [2.05, 4.69) is 13.0 Å². The van der Waals surface area contributed by atoms with E-state index in [0.29, 0.717) is 5.78 Å². The first-order chi connectivity index (χ1) is 4.61. The summed E-state index contributed by atoms with van der Waals surface area (Å²) in [5.74, 6) is 0.800. The highest BCUT2D eigenvalue weighted by molar-refractivity contribution is 5.85. The van der Waals surface area contributed by atoms with Gasteiger partial charge in [-0.2, -0.15) is 0 Å². The molecule has 0 saturated heterocycles. The van der Waals surface area contributed by atoms with E-state index in [9.17, 15) is 4.79 Å². The highest BCUT2D eigenvalue weighted by Crippen LogP contribution is 2.23. The van der Waals surface area contributed by atoms with Crippen molar-refractivity contribution in [1.82, 2.24) is 0 Å². The molecule has 0 aromatic heterocycles. The van der Waals surface area contributed by atoms with Crippen LogP contribution >= 0.6 is 0 Å². The van der Waals surface area contributed by atoms with Crippen LogP contribution in [0.3, 0.4) is 0 Å². The number of allylic oxidation sites excluding steroid dienone is 2. The zero-order chi connectivity index (χ0) is 7.72. The third-order valence-corrected chi connectivity index (χ3v) is 2.10. The van der Waals surface area contributed by atoms with Gasteiger partial charge in [0.1, 0.15) is 5.78 Å². The molecule has 0 spiro atoms. The van der Waals surface area contributed by atoms with E-state index in [1.807, 2.05) is 13.8 Å². The normalized spacial score (nSPS) is 33.9. The first-order valence-electron chi connectivity index (χ1n) is 3.82. The molecule has 56 valence electrons. The predicted molar refractivity (Wildman–Crippen MR) is 41.7 cm³/mol. The summed E-state index contributed by atoms with van der Waals surface area (Å²) in [5.41, 5.74) is 1.36. The van der Waals surface area contributed by atoms with Gasteiger partial charge in [-0.25, -0.2) is 0 Å². The monoisotopic (exact) mass is 138 g/mol. The van der Waals surface area contributed by atoms with Crippen molar-refractivity contribution in [1.29, 1.82) is 0 Å². The number of carbonyl (C=O) groups is 1. The highest BCUT2D eigenvalue weighted by atomic mass is 16.1. The zero-order valence-electron chi connectivity index (χ0n) is 6.85. The second-order valence-corrected chi connectivity index (χ2v) is 3.31. The standard InChI is InChI=1S/C9H14O/c1-6-4-7(2)9(10)8(3)5-6/h4,7-8H,5H2,1-3H3. The summed E-state index contributed by atoms with van der Waals surface area (Å²) in [5, 5.41) is 0. The van der Waals surface area contributed by atoms with E-state index in [4.69, 9.17) is 0 Å². The molecule has 1 nitrogen and oxygen atoms in total. The Morgan fingerprint density at radius 3 is 2.60 bits per heavy atom. The summed E-state index contributed by atoms with van der Waals surface area (Å²) < 4.78 is 0. The first kappa shape index (κ1) is 7.52. The molecular formula is C9H14O. The van der Waals surface area contributed by atoms with Gasteiger partial charge in [-0.1, -0.05) is 25.5 Å². The summed E-state index contributed by atoms with van der Waals surface area (Å²) in [4.78, 5) is 11.2. The van der Waals surface area contributed by atoms with E-state index >= 15 is 0 Å². The molecule has 1 aliphatic carbocycles. The molecule has 0 N–H and O–H groups in total. The van der Waals surface area contributed by atoms with Crippen LogP contribution in [0, 0.1) is 11.8 Å². The maximum atomic E-state index is 11.2. The number of hydrogen-bond acceptors (Lipinski definition) is 1. The first-order valence-corrected chi connectivity index (χ1v) is 3.82. The van der Waals surface area contributed by atoms with Crippen LogP contribution in [0.2, 0.25) is 0 Å². The lowest BCUT2D eigenvalue weighted by Gasteiger charge is -2.20. The number of rotatable bonds is 0. The minimum atomic E-state index is 0.156. The van der Waals surface area contributed by atoms with Crippen LogP contribution in [0.5, 0.6) is 0 Å². The molecule has 0 bridgehead atoms. The number of hydrogen-bond donors (Lipinski definition) is 0. The molecule has 10 heavy (non-hydrogen) atoms. The summed E-state index contributed by atoms with van der Waals surface area (Å²) in [7, 11) is 0. The van der Waals surface area contributed by atoms with Crippen molar-refractivity contribution in [3.63, 3.8) is 0 Å². The fourth-order valence-electron chi connectivity index (χ4n) is 1.61. The van der Waals surface area contributed by atoms with Crippen LogP contribution < -0.4 is 0 Å². The Bertz CT molecular complexity index is 179. The fourth-order valence-corrected chi connectivity index (χ4v) is 1.61. The Morgan fingerprint density at radius 1 is 1.50 bits per heavy atom. The van der Waals surface area contributed by atoms with Gasteiger partial charge in [0.15, 0.2) is 0 Å². The van der Waals surface area contributed by atoms with Crippen molar-refractivity contribution in [3.05, 3.63) is 11.6 Å². The van der Waals surface area contributed by atoms with Gasteiger partial charge < -0.3 is 0 Å². The molecule has 0 aliphatic heterocycles. The lowest BCUT2D eigenvalue weighted by atomic mass is 9.84. The van der Waals surface area contributed by atoms with Crippen molar-refractivity contribution in [2.45, 2.75) is 27.2 Å². The Hall–Kier alpha value is -0.590. The zero-order valence-corrected chi connectivity index (χ0v) is 6.85. The molecule has 1 aliphatic rings. The van der Waals surface area contributed by atoms with Crippen molar-refractivity contribution in [2.24, 2.45) is 11.8 Å². The van der Waals surface area contributed by atoms with Crippen molar-refractivity contribution in [2.75, 3.05) is 0 Å². The molecule has 1 rings (SSSR count). The summed E-state index contributed by atoms with van der Waals surface area (Å²) >= 11 is 0. The molecule has 0 aromatic rings. The largest absolute Gasteiger partial charge is 0.299 e. The van der Waals surface area contributed by atoms with E-state index in [1.165, 1.54) is 5.57 Å². The number of carbonyl (C=O) groups excluding carboxylic acids is 1. The molecule has 0 amide bonds. The van der Waals surface area contributed by atoms with Gasteiger partial charge in [0.2, 0.25) is 0 Å². The van der Waals surface area contributed by atoms with Gasteiger partial charge in [-0.05, 0) is 13.3 Å². The average molecular weight is 138 g/mol. The van der Waals surface area contributed by atoms with Crippen LogP contribution in [-0.4, -0.2) is 5.78 Å². The molecular weight excluding hydrogens is 124 g/mol. The molecule has 1 heteroatoms. The van der Waals surface area contributed by atoms with Crippen LogP contribution in [0.1, 0.15) is 27.2 Å². The van der Waals surface area contributed by atoms with E-state index < -0.39 is 0 Å². The Labute approximate surface area is 62.1 Å². The van der Waals surface area contributed by atoms with Crippen LogP contribution in [0.25, 0.3) is 0 Å².